The molecule has 0 N–H and O–H groups in total. The van der Waals surface area contributed by atoms with Gasteiger partial charge in [-0.25, -0.2) is 9.97 Å². The van der Waals surface area contributed by atoms with Gasteiger partial charge in [-0.1, -0.05) is 452 Å². The first-order valence-corrected chi connectivity index (χ1v) is 45.9. The van der Waals surface area contributed by atoms with E-state index in [1.165, 1.54) is 0 Å². The standard InChI is InChI=1S/C104H75Cl13N8O3.Zn/c1-99(2,52-31-19-13-20-32-52)58-43-46-64(61(49-58)102(7,8)55-37-25-16-26-38-55)126-88-80(110)72-69(77(107)85(88)115)94-120-95-71-74(82(112)90(87(117)79(71)109)128-66-48-45-60(101(5,6)54-35-23-15-24-36-54)51-63(66)104(11,12)57-41-29-18-30-42-57)98(124-95)125-97-73-70(93(123-97)119-91-67-68(92(118-91)121-96(72)122-94)76(106)84(114)83(113)75(67)105)78(108)86(116)89(81(73)111)127-65-47-44-59(100(3,4)53-33-21-14-22-34-53)50-62(65)103(9,10)56-39-27-17-28-40-56;/h13-51H,1-12H3;/q-2;+2. The first-order valence-electron chi connectivity index (χ1n) is 40.9. The molecule has 3 aromatic heterocycles. The third-order valence-corrected chi connectivity index (χ3v) is 30.7. The van der Waals surface area contributed by atoms with E-state index in [0.717, 1.165) is 66.8 Å². The Morgan fingerprint density at radius 2 is 0.419 bits per heavy atom. The van der Waals surface area contributed by atoms with Crippen LogP contribution in [-0.4, -0.2) is 29.9 Å². The second-order valence-electron chi connectivity index (χ2n) is 34.9. The Hall–Kier alpha value is -8.99. The van der Waals surface area contributed by atoms with Gasteiger partial charge in [-0.2, -0.15) is 0 Å². The van der Waals surface area contributed by atoms with Crippen molar-refractivity contribution < 1.29 is 33.7 Å². The van der Waals surface area contributed by atoms with Gasteiger partial charge >= 0.3 is 19.5 Å². The minimum atomic E-state index is -0.735. The first-order chi connectivity index (χ1) is 60.9. The van der Waals surface area contributed by atoms with Gasteiger partial charge < -0.3 is 44.1 Å². The Morgan fingerprint density at radius 3 is 0.674 bits per heavy atom. The molecule has 11 nitrogen and oxygen atoms in total. The molecule has 0 spiro atoms. The number of halogens is 13. The Kier molecular flexibility index (Phi) is 24.8. The molecular formula is C104H75Cl13N8O3Zn. The van der Waals surface area contributed by atoms with E-state index in [9.17, 15) is 0 Å². The summed E-state index contributed by atoms with van der Waals surface area (Å²) in [6.07, 6.45) is 0. The summed E-state index contributed by atoms with van der Waals surface area (Å²) < 4.78 is 21.7. The minimum absolute atomic E-state index is 0. The third kappa shape index (κ3) is 15.7. The molecule has 0 fully saturated rings. The monoisotopic (exact) mass is 2000 g/mol. The van der Waals surface area contributed by atoms with Crippen LogP contribution in [0.3, 0.4) is 0 Å². The average molecular weight is 2010 g/mol. The molecule has 129 heavy (non-hydrogen) atoms. The van der Waals surface area contributed by atoms with E-state index in [1.807, 2.05) is 146 Å². The molecule has 2 aliphatic rings. The number of hydrogen-bond donors (Lipinski definition) is 0. The molecule has 0 saturated heterocycles. The van der Waals surface area contributed by atoms with Crippen LogP contribution in [-0.2, 0) is 52.0 Å². The quantitative estimate of drug-likeness (QED) is 0.0462. The van der Waals surface area contributed by atoms with Crippen LogP contribution in [0.2, 0.25) is 65.3 Å². The molecule has 0 amide bonds. The van der Waals surface area contributed by atoms with Crippen molar-refractivity contribution in [2.45, 2.75) is 116 Å². The molecule has 5 heterocycles. The molecular weight excluding hydrogens is 1940 g/mol. The van der Waals surface area contributed by atoms with E-state index < -0.39 is 32.5 Å². The molecule has 2 aliphatic heterocycles. The number of rotatable bonds is 18. The zero-order chi connectivity index (χ0) is 90.5. The fourth-order valence-electron chi connectivity index (χ4n) is 17.3. The van der Waals surface area contributed by atoms with Gasteiger partial charge in [0.25, 0.3) is 0 Å². The first kappa shape index (κ1) is 91.9. The Morgan fingerprint density at radius 1 is 0.209 bits per heavy atom. The second-order valence-corrected chi connectivity index (χ2v) is 39.9. The van der Waals surface area contributed by atoms with Crippen molar-refractivity contribution in [3.8, 4) is 80.0 Å². The van der Waals surface area contributed by atoms with Crippen LogP contribution < -0.4 is 24.2 Å². The molecule has 0 unspecified atom stereocenters. The number of benzene rings is 13. The van der Waals surface area contributed by atoms with Crippen molar-refractivity contribution >= 4 is 195 Å². The maximum Gasteiger partial charge on any atom is 2.00 e. The van der Waals surface area contributed by atoms with E-state index in [0.29, 0.717) is 17.2 Å². The third-order valence-electron chi connectivity index (χ3n) is 25.3. The summed E-state index contributed by atoms with van der Waals surface area (Å²) in [6, 6.07) is 79.5. The molecule has 642 valence electrons. The van der Waals surface area contributed by atoms with E-state index in [-0.39, 0.29) is 192 Å². The summed E-state index contributed by atoms with van der Waals surface area (Å²) in [4.78, 5) is 42.1. The maximum atomic E-state index is 8.12. The van der Waals surface area contributed by atoms with Crippen molar-refractivity contribution in [3.63, 3.8) is 0 Å². The Labute approximate surface area is 824 Å². The fourth-order valence-corrected chi connectivity index (χ4v) is 20.9. The van der Waals surface area contributed by atoms with Gasteiger partial charge in [0.15, 0.2) is 17.2 Å². The van der Waals surface area contributed by atoms with Crippen LogP contribution in [0.15, 0.2) is 237 Å². The summed E-state index contributed by atoms with van der Waals surface area (Å²) >= 11 is 100. The van der Waals surface area contributed by atoms with E-state index in [2.05, 4.69) is 174 Å². The van der Waals surface area contributed by atoms with Crippen molar-refractivity contribution in [2.24, 2.45) is 0 Å². The number of hydrogen-bond acceptors (Lipinski definition) is 9. The summed E-state index contributed by atoms with van der Waals surface area (Å²) in [6.45, 7) is 25.8. The Bertz CT molecular complexity index is 7430. The van der Waals surface area contributed by atoms with Gasteiger partial charge in [0.1, 0.15) is 32.3 Å². The fraction of sp³-hybridized carbons (Fsp3) is 0.173. The summed E-state index contributed by atoms with van der Waals surface area (Å²) in [5.41, 5.74) is 7.59. The molecule has 18 rings (SSSR count). The zero-order valence-corrected chi connectivity index (χ0v) is 84.2. The normalized spacial score (nSPS) is 12.5. The SMILES string of the molecule is CC(C)(c1ccccc1)c1ccc(Oc2c(Cl)c(Cl)c3c(c2Cl)-c2nc-3nc3[n-]c(nc4nc(nc5[n-]c(n2)c2c(Cl)c(Cl)c(Cl)c(Cl)c52)-c2c(Cl)c(Cl)c(Oc5ccc(C(C)(C)c6ccccc6)cc5C(C)(C)c5ccccc5)c(Cl)c2-4)c2c(Cl)c(Oc4ccc(C(C)(C)c5ccccc5)cc4C(C)(C)c4ccccc4)c(Cl)c(Cl)c32)c(C(C)(C)c2ccccc2)c1.[Zn+2]. The van der Waals surface area contributed by atoms with Crippen LogP contribution in [0, 0.1) is 0 Å². The topological polar surface area (TPSA) is 133 Å². The number of aromatic nitrogens is 8. The minimum Gasteiger partial charge on any atom is -0.454 e. The summed E-state index contributed by atoms with van der Waals surface area (Å²) in [7, 11) is 0. The van der Waals surface area contributed by atoms with Gasteiger partial charge in [0, 0.05) is 116 Å². The molecule has 0 aliphatic carbocycles. The largest absolute Gasteiger partial charge is 2.00 e. The molecule has 16 aromatic rings. The maximum absolute atomic E-state index is 8.12. The van der Waals surface area contributed by atoms with Crippen molar-refractivity contribution in [1.82, 2.24) is 39.9 Å². The van der Waals surface area contributed by atoms with Gasteiger partial charge in [0.2, 0.25) is 0 Å². The van der Waals surface area contributed by atoms with Crippen molar-refractivity contribution in [3.05, 3.63) is 369 Å². The van der Waals surface area contributed by atoms with Gasteiger partial charge in [-0.15, -0.1) is 0 Å². The molecule has 0 radical (unpaired) electrons. The second kappa shape index (κ2) is 34.9. The predicted molar refractivity (Wildman–Crippen MR) is 530 cm³/mol. The zero-order valence-electron chi connectivity index (χ0n) is 71.4. The van der Waals surface area contributed by atoms with Crippen LogP contribution in [0.25, 0.3) is 89.7 Å². The van der Waals surface area contributed by atoms with E-state index in [1.54, 1.807) is 0 Å². The van der Waals surface area contributed by atoms with Crippen molar-refractivity contribution in [1.29, 1.82) is 0 Å². The number of nitrogens with zero attached hydrogens (tertiary/aromatic N) is 8. The number of fused-ring (bicyclic) bond motifs is 20. The summed E-state index contributed by atoms with van der Waals surface area (Å²) in [5, 5.41) is -1.37. The molecule has 8 bridgehead atoms. The average Bonchev–Trinajstić information content (AvgIpc) is 1.57. The van der Waals surface area contributed by atoms with Gasteiger partial charge in [-0.05, 0) is 68.3 Å². The summed E-state index contributed by atoms with van der Waals surface area (Å²) in [5.74, 6) is 0.334. The van der Waals surface area contributed by atoms with Crippen LogP contribution >= 0.6 is 151 Å². The smallest absolute Gasteiger partial charge is 0.454 e. The van der Waals surface area contributed by atoms with Crippen LogP contribution in [0.4, 0.5) is 0 Å². The molecule has 25 heteroatoms. The van der Waals surface area contributed by atoms with Gasteiger partial charge in [0.05, 0.1) is 73.5 Å². The van der Waals surface area contributed by atoms with Crippen LogP contribution in [0.1, 0.15) is 150 Å². The van der Waals surface area contributed by atoms with Crippen LogP contribution in [0.5, 0.6) is 34.5 Å². The molecule has 13 aromatic carbocycles. The van der Waals surface area contributed by atoms with E-state index in [4.69, 9.17) is 205 Å². The van der Waals surface area contributed by atoms with Gasteiger partial charge in [-0.3, -0.25) is 0 Å². The number of ether oxygens (including phenoxy) is 3. The molecule has 0 saturated carbocycles. The Balaban J connectivity index is 0.0000117. The molecule has 0 atom stereocenters. The predicted octanol–water partition coefficient (Wildman–Crippen LogP) is 34.0. The van der Waals surface area contributed by atoms with Crippen molar-refractivity contribution in [2.75, 3.05) is 0 Å². The van der Waals surface area contributed by atoms with E-state index >= 15 is 0 Å².